The third kappa shape index (κ3) is 6.07. The molecule has 1 fully saturated rings. The molecule has 1 aliphatic heterocycles. The normalized spacial score (nSPS) is 14.6. The number of nitrogens with zero attached hydrogens (tertiary/aromatic N) is 5. The molecule has 1 amide bonds. The van der Waals surface area contributed by atoms with Gasteiger partial charge in [-0.15, -0.1) is 0 Å². The van der Waals surface area contributed by atoms with E-state index in [-0.39, 0.29) is 11.3 Å². The fourth-order valence-corrected chi connectivity index (χ4v) is 4.29. The summed E-state index contributed by atoms with van der Waals surface area (Å²) in [6.07, 6.45) is 1.83. The number of nitrogens with one attached hydrogen (secondary N) is 1. The molecule has 31 heavy (non-hydrogen) atoms. The van der Waals surface area contributed by atoms with Crippen LogP contribution in [0, 0.1) is 23.7 Å². The number of unbranched alkanes of at least 4 members (excludes halogenated alkanes) is 1. The number of fused-ring (bicyclic) bond motifs is 1. The number of carbonyl (C=O) groups is 1. The van der Waals surface area contributed by atoms with Crippen molar-refractivity contribution >= 4 is 44.5 Å². The Bertz CT molecular complexity index is 986. The van der Waals surface area contributed by atoms with Crippen LogP contribution < -0.4 is 10.2 Å². The van der Waals surface area contributed by atoms with Gasteiger partial charge in [0.2, 0.25) is 11.9 Å². The van der Waals surface area contributed by atoms with Gasteiger partial charge in [-0.05, 0) is 36.5 Å². The standard InChI is InChI=1S/C23H31BrN6O/c1-16-13-17(24)14-18-20(16)27-22(28-21(18)26-8-6-5-7-25)30-11-9-29(10-12-30)19(31)15-23(2,3)4/h13-14H,5-6,8-12,15H2,1-4H3,(H,26,27,28). The molecule has 1 N–H and O–H groups in total. The number of rotatable bonds is 6. The van der Waals surface area contributed by atoms with Crippen LogP contribution in [0.1, 0.15) is 45.6 Å². The Labute approximate surface area is 193 Å². The van der Waals surface area contributed by atoms with E-state index in [1.807, 2.05) is 17.9 Å². The molecule has 1 aromatic heterocycles. The van der Waals surface area contributed by atoms with Gasteiger partial charge in [0.05, 0.1) is 11.6 Å². The summed E-state index contributed by atoms with van der Waals surface area (Å²) in [7, 11) is 0. The van der Waals surface area contributed by atoms with E-state index in [0.29, 0.717) is 51.5 Å². The van der Waals surface area contributed by atoms with Gasteiger partial charge in [0, 0.05) is 55.4 Å². The predicted octanol–water partition coefficient (Wildman–Crippen LogP) is 4.50. The van der Waals surface area contributed by atoms with E-state index in [1.165, 1.54) is 0 Å². The quantitative estimate of drug-likeness (QED) is 0.604. The highest BCUT2D eigenvalue weighted by Gasteiger charge is 2.26. The Kier molecular flexibility index (Phi) is 7.37. The number of benzene rings is 1. The van der Waals surface area contributed by atoms with E-state index >= 15 is 0 Å². The van der Waals surface area contributed by atoms with E-state index in [2.05, 4.69) is 59.1 Å². The van der Waals surface area contributed by atoms with Crippen LogP contribution in [0.4, 0.5) is 11.8 Å². The molecule has 7 nitrogen and oxygen atoms in total. The van der Waals surface area contributed by atoms with Crippen LogP contribution in [0.2, 0.25) is 0 Å². The maximum absolute atomic E-state index is 12.6. The molecule has 1 saturated heterocycles. The number of hydrogen-bond donors (Lipinski definition) is 1. The van der Waals surface area contributed by atoms with Gasteiger partial charge in [-0.1, -0.05) is 36.7 Å². The van der Waals surface area contributed by atoms with E-state index in [1.54, 1.807) is 0 Å². The molecular weight excluding hydrogens is 456 g/mol. The summed E-state index contributed by atoms with van der Waals surface area (Å²) in [5.74, 6) is 1.68. The third-order valence-corrected chi connectivity index (χ3v) is 5.76. The van der Waals surface area contributed by atoms with E-state index in [0.717, 1.165) is 33.2 Å². The van der Waals surface area contributed by atoms with Crippen molar-refractivity contribution in [2.24, 2.45) is 5.41 Å². The molecule has 0 bridgehead atoms. The zero-order valence-electron chi connectivity index (χ0n) is 18.8. The summed E-state index contributed by atoms with van der Waals surface area (Å²) in [5, 5.41) is 13.2. The second kappa shape index (κ2) is 9.82. The van der Waals surface area contributed by atoms with Crippen LogP contribution in [0.3, 0.4) is 0 Å². The molecule has 2 heterocycles. The van der Waals surface area contributed by atoms with E-state index in [9.17, 15) is 4.79 Å². The second-order valence-corrected chi connectivity index (χ2v) is 10.2. The van der Waals surface area contributed by atoms with Crippen molar-refractivity contribution in [2.45, 2.75) is 47.0 Å². The van der Waals surface area contributed by atoms with Crippen LogP contribution in [0.5, 0.6) is 0 Å². The van der Waals surface area contributed by atoms with Crippen molar-refractivity contribution in [3.8, 4) is 6.07 Å². The second-order valence-electron chi connectivity index (χ2n) is 9.28. The summed E-state index contributed by atoms with van der Waals surface area (Å²) < 4.78 is 0.986. The number of anilines is 2. The Hall–Kier alpha value is -2.40. The zero-order chi connectivity index (χ0) is 22.6. The highest BCUT2D eigenvalue weighted by molar-refractivity contribution is 9.10. The Morgan fingerprint density at radius 1 is 1.23 bits per heavy atom. The number of carbonyl (C=O) groups excluding carboxylic acids is 1. The lowest BCUT2D eigenvalue weighted by Crippen LogP contribution is -2.49. The highest BCUT2D eigenvalue weighted by atomic mass is 79.9. The fourth-order valence-electron chi connectivity index (χ4n) is 3.72. The van der Waals surface area contributed by atoms with Crippen LogP contribution in [0.25, 0.3) is 10.9 Å². The fraction of sp³-hybridized carbons (Fsp3) is 0.565. The zero-order valence-corrected chi connectivity index (χ0v) is 20.4. The SMILES string of the molecule is Cc1cc(Br)cc2c(NCCCC#N)nc(N3CCN(C(=O)CC(C)(C)C)CC3)nc12. The lowest BCUT2D eigenvalue weighted by molar-refractivity contribution is -0.133. The topological polar surface area (TPSA) is 85.2 Å². The number of halogens is 1. The van der Waals surface area contributed by atoms with Crippen molar-refractivity contribution in [1.29, 1.82) is 5.26 Å². The molecule has 0 unspecified atom stereocenters. The first-order valence-electron chi connectivity index (χ1n) is 10.8. The summed E-state index contributed by atoms with van der Waals surface area (Å²) in [4.78, 5) is 26.4. The summed E-state index contributed by atoms with van der Waals surface area (Å²) >= 11 is 3.57. The van der Waals surface area contributed by atoms with Crippen molar-refractivity contribution < 1.29 is 4.79 Å². The number of nitriles is 1. The van der Waals surface area contributed by atoms with Crippen molar-refractivity contribution in [2.75, 3.05) is 42.9 Å². The molecule has 0 atom stereocenters. The van der Waals surface area contributed by atoms with Gasteiger partial charge in [0.15, 0.2) is 0 Å². The number of piperazine rings is 1. The molecular formula is C23H31BrN6O. The Balaban J connectivity index is 1.81. The minimum Gasteiger partial charge on any atom is -0.369 e. The van der Waals surface area contributed by atoms with Gasteiger partial charge in [-0.2, -0.15) is 10.2 Å². The third-order valence-electron chi connectivity index (χ3n) is 5.30. The number of aryl methyl sites for hydroxylation is 1. The molecule has 166 valence electrons. The first-order valence-corrected chi connectivity index (χ1v) is 11.6. The van der Waals surface area contributed by atoms with Gasteiger partial charge < -0.3 is 15.1 Å². The van der Waals surface area contributed by atoms with Gasteiger partial charge in [0.1, 0.15) is 5.82 Å². The average Bonchev–Trinajstić information content (AvgIpc) is 2.70. The van der Waals surface area contributed by atoms with Gasteiger partial charge in [-0.3, -0.25) is 4.79 Å². The highest BCUT2D eigenvalue weighted by Crippen LogP contribution is 2.30. The molecule has 1 aromatic carbocycles. The smallest absolute Gasteiger partial charge is 0.228 e. The van der Waals surface area contributed by atoms with Gasteiger partial charge in [-0.25, -0.2) is 4.98 Å². The molecule has 2 aromatic rings. The van der Waals surface area contributed by atoms with Crippen molar-refractivity contribution in [3.05, 3.63) is 22.2 Å². The number of amides is 1. The largest absolute Gasteiger partial charge is 0.369 e. The summed E-state index contributed by atoms with van der Waals surface area (Å²) in [5.41, 5.74) is 1.99. The van der Waals surface area contributed by atoms with Crippen LogP contribution in [-0.4, -0.2) is 53.5 Å². The molecule has 3 rings (SSSR count). The molecule has 0 aliphatic carbocycles. The molecule has 0 spiro atoms. The molecule has 0 radical (unpaired) electrons. The van der Waals surface area contributed by atoms with Gasteiger partial charge in [0.25, 0.3) is 0 Å². The summed E-state index contributed by atoms with van der Waals surface area (Å²) in [6, 6.07) is 6.27. The lowest BCUT2D eigenvalue weighted by Gasteiger charge is -2.36. The number of hydrogen-bond acceptors (Lipinski definition) is 6. The lowest BCUT2D eigenvalue weighted by atomic mass is 9.91. The monoisotopic (exact) mass is 486 g/mol. The minimum absolute atomic E-state index is 0.00636. The Morgan fingerprint density at radius 3 is 2.58 bits per heavy atom. The molecule has 0 saturated carbocycles. The van der Waals surface area contributed by atoms with Crippen LogP contribution in [-0.2, 0) is 4.79 Å². The summed E-state index contributed by atoms with van der Waals surface area (Å²) in [6.45, 7) is 11.8. The van der Waals surface area contributed by atoms with E-state index < -0.39 is 0 Å². The minimum atomic E-state index is -0.00636. The maximum Gasteiger partial charge on any atom is 0.228 e. The van der Waals surface area contributed by atoms with Crippen molar-refractivity contribution in [3.63, 3.8) is 0 Å². The van der Waals surface area contributed by atoms with Gasteiger partial charge >= 0.3 is 0 Å². The number of aromatic nitrogens is 2. The Morgan fingerprint density at radius 2 is 1.94 bits per heavy atom. The van der Waals surface area contributed by atoms with Crippen molar-refractivity contribution in [1.82, 2.24) is 14.9 Å². The average molecular weight is 487 g/mol. The molecule has 1 aliphatic rings. The maximum atomic E-state index is 12.6. The van der Waals surface area contributed by atoms with E-state index in [4.69, 9.17) is 15.2 Å². The first kappa shape index (κ1) is 23.3. The predicted molar refractivity (Wildman–Crippen MR) is 128 cm³/mol. The van der Waals surface area contributed by atoms with Crippen LogP contribution in [0.15, 0.2) is 16.6 Å². The first-order chi connectivity index (χ1) is 14.7. The van der Waals surface area contributed by atoms with Crippen LogP contribution >= 0.6 is 15.9 Å². The molecule has 8 heteroatoms.